The number of ether oxygens (including phenoxy) is 1. The van der Waals surface area contributed by atoms with Gasteiger partial charge in [0, 0.05) is 19.6 Å². The Balaban J connectivity index is 1.62. The van der Waals surface area contributed by atoms with Crippen molar-refractivity contribution in [1.82, 2.24) is 4.90 Å². The van der Waals surface area contributed by atoms with Gasteiger partial charge in [-0.2, -0.15) is 0 Å². The van der Waals surface area contributed by atoms with Gasteiger partial charge in [-0.3, -0.25) is 4.90 Å². The molecule has 0 aliphatic carbocycles. The molecule has 3 aromatic carbocycles. The Morgan fingerprint density at radius 1 is 0.778 bits per heavy atom. The number of rotatable bonds is 9. The van der Waals surface area contributed by atoms with Crippen molar-refractivity contribution in [1.29, 1.82) is 0 Å². The van der Waals surface area contributed by atoms with Crippen LogP contribution in [-0.4, -0.2) is 29.3 Å². The SMILES string of the molecule is OC(COc1ccccc1Br)CN(Cc1ccccc1)Cc1ccccc1. The van der Waals surface area contributed by atoms with Crippen LogP contribution in [0.25, 0.3) is 0 Å². The van der Waals surface area contributed by atoms with Gasteiger partial charge >= 0.3 is 0 Å². The smallest absolute Gasteiger partial charge is 0.133 e. The van der Waals surface area contributed by atoms with Crippen molar-refractivity contribution in [3.63, 3.8) is 0 Å². The second kappa shape index (κ2) is 10.3. The zero-order valence-corrected chi connectivity index (χ0v) is 16.8. The molecule has 3 nitrogen and oxygen atoms in total. The first-order valence-electron chi connectivity index (χ1n) is 9.06. The van der Waals surface area contributed by atoms with E-state index in [0.29, 0.717) is 6.54 Å². The Bertz CT molecular complexity index is 769. The summed E-state index contributed by atoms with van der Waals surface area (Å²) < 4.78 is 6.67. The first-order valence-corrected chi connectivity index (χ1v) is 9.85. The predicted molar refractivity (Wildman–Crippen MR) is 113 cm³/mol. The number of para-hydroxylation sites is 1. The van der Waals surface area contributed by atoms with Crippen molar-refractivity contribution in [2.24, 2.45) is 0 Å². The molecule has 1 N–H and O–H groups in total. The summed E-state index contributed by atoms with van der Waals surface area (Å²) in [5.74, 6) is 0.745. The fourth-order valence-electron chi connectivity index (χ4n) is 2.97. The second-order valence-electron chi connectivity index (χ2n) is 6.54. The van der Waals surface area contributed by atoms with Crippen LogP contribution in [0.2, 0.25) is 0 Å². The number of benzene rings is 3. The molecule has 4 heteroatoms. The summed E-state index contributed by atoms with van der Waals surface area (Å²) in [6.07, 6.45) is -0.579. The van der Waals surface area contributed by atoms with E-state index in [4.69, 9.17) is 4.74 Å². The lowest BCUT2D eigenvalue weighted by Crippen LogP contribution is -2.35. The number of aliphatic hydroxyl groups is 1. The predicted octanol–water partition coefficient (Wildman–Crippen LogP) is 4.89. The summed E-state index contributed by atoms with van der Waals surface area (Å²) in [6, 6.07) is 28.3. The van der Waals surface area contributed by atoms with Crippen molar-refractivity contribution in [2.75, 3.05) is 13.2 Å². The average Bonchev–Trinajstić information content (AvgIpc) is 2.69. The summed E-state index contributed by atoms with van der Waals surface area (Å²) in [5, 5.41) is 10.5. The molecule has 0 spiro atoms. The maximum Gasteiger partial charge on any atom is 0.133 e. The summed E-state index contributed by atoms with van der Waals surface area (Å²) in [5.41, 5.74) is 2.46. The molecule has 0 aliphatic rings. The first-order chi connectivity index (χ1) is 13.2. The third-order valence-corrected chi connectivity index (χ3v) is 4.89. The van der Waals surface area contributed by atoms with Crippen molar-refractivity contribution in [3.8, 4) is 5.75 Å². The molecule has 0 bridgehead atoms. The Hall–Kier alpha value is -2.14. The maximum atomic E-state index is 10.5. The van der Waals surface area contributed by atoms with E-state index in [1.807, 2.05) is 60.7 Å². The Morgan fingerprint density at radius 3 is 1.85 bits per heavy atom. The van der Waals surface area contributed by atoms with E-state index in [9.17, 15) is 5.11 Å². The van der Waals surface area contributed by atoms with Crippen LogP contribution >= 0.6 is 15.9 Å². The highest BCUT2D eigenvalue weighted by molar-refractivity contribution is 9.10. The lowest BCUT2D eigenvalue weighted by atomic mass is 10.1. The number of hydrogen-bond donors (Lipinski definition) is 1. The zero-order chi connectivity index (χ0) is 18.9. The van der Waals surface area contributed by atoms with Gasteiger partial charge in [-0.25, -0.2) is 0 Å². The van der Waals surface area contributed by atoms with Crippen LogP contribution in [-0.2, 0) is 13.1 Å². The highest BCUT2D eigenvalue weighted by atomic mass is 79.9. The maximum absolute atomic E-state index is 10.5. The molecule has 0 aliphatic heterocycles. The fourth-order valence-corrected chi connectivity index (χ4v) is 3.37. The summed E-state index contributed by atoms with van der Waals surface area (Å²) in [7, 11) is 0. The Kier molecular flexibility index (Phi) is 7.45. The highest BCUT2D eigenvalue weighted by Gasteiger charge is 2.14. The molecule has 0 radical (unpaired) electrons. The van der Waals surface area contributed by atoms with Crippen LogP contribution in [0.4, 0.5) is 0 Å². The topological polar surface area (TPSA) is 32.7 Å². The fraction of sp³-hybridized carbons (Fsp3) is 0.217. The number of halogens is 1. The number of aliphatic hydroxyl groups excluding tert-OH is 1. The standard InChI is InChI=1S/C23H24BrNO2/c24-22-13-7-8-14-23(22)27-18-21(26)17-25(15-19-9-3-1-4-10-19)16-20-11-5-2-6-12-20/h1-14,21,26H,15-18H2. The number of hydrogen-bond acceptors (Lipinski definition) is 3. The normalized spacial score (nSPS) is 12.1. The molecule has 140 valence electrons. The van der Waals surface area contributed by atoms with Gasteiger partial charge in [0.05, 0.1) is 4.47 Å². The molecule has 0 amide bonds. The molecular formula is C23H24BrNO2. The molecule has 3 aromatic rings. The summed E-state index contributed by atoms with van der Waals surface area (Å²) >= 11 is 3.47. The van der Waals surface area contributed by atoms with Gasteiger partial charge in [-0.1, -0.05) is 72.8 Å². The van der Waals surface area contributed by atoms with Gasteiger partial charge in [-0.05, 0) is 39.2 Å². The molecule has 1 atom stereocenters. The van der Waals surface area contributed by atoms with Crippen LogP contribution in [0.15, 0.2) is 89.4 Å². The molecule has 0 saturated carbocycles. The highest BCUT2D eigenvalue weighted by Crippen LogP contribution is 2.24. The van der Waals surface area contributed by atoms with Crippen LogP contribution < -0.4 is 4.74 Å². The summed E-state index contributed by atoms with van der Waals surface area (Å²) in [6.45, 7) is 2.35. The van der Waals surface area contributed by atoms with Gasteiger partial charge in [0.2, 0.25) is 0 Å². The molecule has 27 heavy (non-hydrogen) atoms. The lowest BCUT2D eigenvalue weighted by molar-refractivity contribution is 0.0626. The molecular weight excluding hydrogens is 402 g/mol. The van der Waals surface area contributed by atoms with Crippen LogP contribution in [0.1, 0.15) is 11.1 Å². The van der Waals surface area contributed by atoms with Crippen LogP contribution in [0, 0.1) is 0 Å². The Labute approximate surface area is 169 Å². The minimum Gasteiger partial charge on any atom is -0.490 e. The largest absolute Gasteiger partial charge is 0.490 e. The van der Waals surface area contributed by atoms with Crippen molar-refractivity contribution < 1.29 is 9.84 Å². The van der Waals surface area contributed by atoms with E-state index in [0.717, 1.165) is 23.3 Å². The van der Waals surface area contributed by atoms with Crippen molar-refractivity contribution >= 4 is 15.9 Å². The molecule has 0 fully saturated rings. The molecule has 0 heterocycles. The van der Waals surface area contributed by atoms with Crippen molar-refractivity contribution in [2.45, 2.75) is 19.2 Å². The first kappa shape index (κ1) is 19.6. The van der Waals surface area contributed by atoms with E-state index in [2.05, 4.69) is 45.1 Å². The minimum atomic E-state index is -0.579. The average molecular weight is 426 g/mol. The minimum absolute atomic E-state index is 0.253. The van der Waals surface area contributed by atoms with Gasteiger partial charge < -0.3 is 9.84 Å². The third-order valence-electron chi connectivity index (χ3n) is 4.23. The quantitative estimate of drug-likeness (QED) is 0.529. The Morgan fingerprint density at radius 2 is 1.30 bits per heavy atom. The van der Waals surface area contributed by atoms with Crippen molar-refractivity contribution in [3.05, 3.63) is 101 Å². The molecule has 0 aromatic heterocycles. The van der Waals surface area contributed by atoms with Gasteiger partial charge in [0.1, 0.15) is 18.5 Å². The van der Waals surface area contributed by atoms with Gasteiger partial charge in [0.25, 0.3) is 0 Å². The molecule has 0 saturated heterocycles. The van der Waals surface area contributed by atoms with E-state index < -0.39 is 6.10 Å². The molecule has 1 unspecified atom stereocenters. The third kappa shape index (κ3) is 6.51. The van der Waals surface area contributed by atoms with Crippen LogP contribution in [0.5, 0.6) is 5.75 Å². The monoisotopic (exact) mass is 425 g/mol. The lowest BCUT2D eigenvalue weighted by Gasteiger charge is -2.25. The van der Waals surface area contributed by atoms with E-state index in [1.54, 1.807) is 0 Å². The van der Waals surface area contributed by atoms with Gasteiger partial charge in [-0.15, -0.1) is 0 Å². The van der Waals surface area contributed by atoms with E-state index in [1.165, 1.54) is 11.1 Å². The van der Waals surface area contributed by atoms with E-state index in [-0.39, 0.29) is 6.61 Å². The zero-order valence-electron chi connectivity index (χ0n) is 15.2. The molecule has 3 rings (SSSR count). The van der Waals surface area contributed by atoms with Gasteiger partial charge in [0.15, 0.2) is 0 Å². The summed E-state index contributed by atoms with van der Waals surface area (Å²) in [4.78, 5) is 2.25. The van der Waals surface area contributed by atoms with E-state index >= 15 is 0 Å². The second-order valence-corrected chi connectivity index (χ2v) is 7.39. The number of nitrogens with zero attached hydrogens (tertiary/aromatic N) is 1. The van der Waals surface area contributed by atoms with Crippen LogP contribution in [0.3, 0.4) is 0 Å².